The molecule has 1 aliphatic rings. The van der Waals surface area contributed by atoms with E-state index in [9.17, 15) is 4.79 Å². The number of carbonyl (C=O) groups is 1. The Hall–Kier alpha value is -1.10. The second-order valence-electron chi connectivity index (χ2n) is 5.33. The molecule has 0 radical (unpaired) electrons. The molecule has 1 atom stereocenters. The zero-order valence-electron chi connectivity index (χ0n) is 12.0. The summed E-state index contributed by atoms with van der Waals surface area (Å²) in [5.74, 6) is -0.0573. The molecule has 20 heavy (non-hydrogen) atoms. The van der Waals surface area contributed by atoms with Crippen molar-refractivity contribution in [1.82, 2.24) is 10.6 Å². The van der Waals surface area contributed by atoms with Crippen molar-refractivity contribution in [2.75, 3.05) is 20.2 Å². The van der Waals surface area contributed by atoms with Crippen molar-refractivity contribution >= 4 is 18.3 Å². The van der Waals surface area contributed by atoms with E-state index in [4.69, 9.17) is 4.74 Å². The van der Waals surface area contributed by atoms with Crippen molar-refractivity contribution in [3.8, 4) is 0 Å². The van der Waals surface area contributed by atoms with E-state index >= 15 is 0 Å². The lowest BCUT2D eigenvalue weighted by Gasteiger charge is -2.36. The molecule has 1 aromatic rings. The molecule has 0 aliphatic carbocycles. The molecule has 0 spiro atoms. The summed E-state index contributed by atoms with van der Waals surface area (Å²) < 4.78 is 5.36. The fourth-order valence-corrected chi connectivity index (χ4v) is 2.49. The van der Waals surface area contributed by atoms with Crippen LogP contribution in [0.2, 0.25) is 0 Å². The van der Waals surface area contributed by atoms with Gasteiger partial charge in [0.1, 0.15) is 0 Å². The van der Waals surface area contributed by atoms with Crippen molar-refractivity contribution in [3.05, 3.63) is 35.9 Å². The summed E-state index contributed by atoms with van der Waals surface area (Å²) in [5.41, 5.74) is 0.758. The van der Waals surface area contributed by atoms with Gasteiger partial charge < -0.3 is 15.4 Å². The molecule has 5 heteroatoms. The highest BCUT2D eigenvalue weighted by molar-refractivity contribution is 5.85. The molecular weight excluding hydrogens is 276 g/mol. The first-order valence-corrected chi connectivity index (χ1v) is 6.75. The highest BCUT2D eigenvalue weighted by atomic mass is 35.5. The second-order valence-corrected chi connectivity index (χ2v) is 5.33. The van der Waals surface area contributed by atoms with Crippen LogP contribution in [0.15, 0.2) is 30.3 Å². The van der Waals surface area contributed by atoms with Crippen LogP contribution < -0.4 is 10.6 Å². The van der Waals surface area contributed by atoms with Gasteiger partial charge in [-0.1, -0.05) is 30.3 Å². The van der Waals surface area contributed by atoms with Gasteiger partial charge in [0, 0.05) is 12.6 Å². The Labute approximate surface area is 126 Å². The number of benzene rings is 1. The van der Waals surface area contributed by atoms with Gasteiger partial charge in [-0.15, -0.1) is 12.4 Å². The lowest BCUT2D eigenvalue weighted by Crippen LogP contribution is -2.53. The molecule has 0 saturated carbocycles. The minimum absolute atomic E-state index is 0. The predicted octanol–water partition coefficient (Wildman–Crippen LogP) is 2.05. The number of rotatable bonds is 4. The maximum Gasteiger partial charge on any atom is 0.254 e. The third-order valence-corrected chi connectivity index (χ3v) is 3.71. The molecule has 0 bridgehead atoms. The molecule has 1 unspecified atom stereocenters. The number of amides is 1. The van der Waals surface area contributed by atoms with Crippen LogP contribution in [0.5, 0.6) is 0 Å². The Morgan fingerprint density at radius 1 is 1.30 bits per heavy atom. The van der Waals surface area contributed by atoms with Gasteiger partial charge in [0.2, 0.25) is 0 Å². The van der Waals surface area contributed by atoms with Crippen LogP contribution >= 0.6 is 12.4 Å². The number of nitrogens with one attached hydrogen (secondary N) is 2. The zero-order valence-corrected chi connectivity index (χ0v) is 12.8. The molecule has 1 fully saturated rings. The first kappa shape index (κ1) is 17.0. The fourth-order valence-electron chi connectivity index (χ4n) is 2.49. The Bertz CT molecular complexity index is 419. The largest absolute Gasteiger partial charge is 0.367 e. The second kappa shape index (κ2) is 7.62. The average molecular weight is 299 g/mol. The number of methoxy groups -OCH3 is 1. The Morgan fingerprint density at radius 3 is 2.45 bits per heavy atom. The van der Waals surface area contributed by atoms with Crippen LogP contribution in [-0.2, 0) is 9.53 Å². The number of hydrogen-bond donors (Lipinski definition) is 2. The van der Waals surface area contributed by atoms with E-state index < -0.39 is 6.10 Å². The van der Waals surface area contributed by atoms with Crippen LogP contribution in [0, 0.1) is 0 Å². The molecule has 1 aromatic carbocycles. The van der Waals surface area contributed by atoms with Gasteiger partial charge in [-0.3, -0.25) is 4.79 Å². The van der Waals surface area contributed by atoms with E-state index in [2.05, 4.69) is 17.6 Å². The van der Waals surface area contributed by atoms with E-state index in [-0.39, 0.29) is 23.9 Å². The van der Waals surface area contributed by atoms with Crippen molar-refractivity contribution in [2.24, 2.45) is 0 Å². The van der Waals surface area contributed by atoms with Crippen molar-refractivity contribution in [2.45, 2.75) is 31.4 Å². The van der Waals surface area contributed by atoms with Crippen LogP contribution in [0.25, 0.3) is 0 Å². The summed E-state index contributed by atoms with van der Waals surface area (Å²) in [6.07, 6.45) is 1.36. The standard InChI is InChI=1S/C15H22N2O2.ClH/c1-15(8-10-16-11-9-15)17-14(18)13(19-2)12-6-4-3-5-7-12;/h3-7,13,16H,8-11H2,1-2H3,(H,17,18);1H. The van der Waals surface area contributed by atoms with Crippen LogP contribution in [0.1, 0.15) is 31.4 Å². The monoisotopic (exact) mass is 298 g/mol. The van der Waals surface area contributed by atoms with Gasteiger partial charge in [-0.05, 0) is 38.4 Å². The Balaban J connectivity index is 0.00000200. The molecule has 2 rings (SSSR count). The lowest BCUT2D eigenvalue weighted by molar-refractivity contribution is -0.133. The number of carbonyl (C=O) groups excluding carboxylic acids is 1. The molecule has 1 heterocycles. The van der Waals surface area contributed by atoms with Crippen molar-refractivity contribution < 1.29 is 9.53 Å². The van der Waals surface area contributed by atoms with Gasteiger partial charge in [-0.25, -0.2) is 0 Å². The summed E-state index contributed by atoms with van der Waals surface area (Å²) in [4.78, 5) is 12.4. The molecule has 2 N–H and O–H groups in total. The number of piperidine rings is 1. The maximum atomic E-state index is 12.4. The Kier molecular flexibility index (Phi) is 6.46. The highest BCUT2D eigenvalue weighted by Gasteiger charge is 2.31. The summed E-state index contributed by atoms with van der Waals surface area (Å²) in [7, 11) is 1.57. The van der Waals surface area contributed by atoms with Gasteiger partial charge in [0.15, 0.2) is 6.10 Å². The normalized spacial score (nSPS) is 18.7. The van der Waals surface area contributed by atoms with Gasteiger partial charge in [0.05, 0.1) is 0 Å². The lowest BCUT2D eigenvalue weighted by atomic mass is 9.90. The van der Waals surface area contributed by atoms with Crippen molar-refractivity contribution in [3.63, 3.8) is 0 Å². The maximum absolute atomic E-state index is 12.4. The third kappa shape index (κ3) is 4.20. The first-order valence-electron chi connectivity index (χ1n) is 6.75. The average Bonchev–Trinajstić information content (AvgIpc) is 2.41. The predicted molar refractivity (Wildman–Crippen MR) is 82.1 cm³/mol. The third-order valence-electron chi connectivity index (χ3n) is 3.71. The summed E-state index contributed by atoms with van der Waals surface area (Å²) >= 11 is 0. The summed E-state index contributed by atoms with van der Waals surface area (Å²) in [5, 5.41) is 6.45. The summed E-state index contributed by atoms with van der Waals surface area (Å²) in [6.45, 7) is 3.99. The number of hydrogen-bond acceptors (Lipinski definition) is 3. The minimum atomic E-state index is -0.534. The van der Waals surface area contributed by atoms with E-state index in [1.54, 1.807) is 7.11 Å². The summed E-state index contributed by atoms with van der Waals surface area (Å²) in [6, 6.07) is 9.60. The topological polar surface area (TPSA) is 50.4 Å². The molecule has 1 aliphatic heterocycles. The minimum Gasteiger partial charge on any atom is -0.367 e. The smallest absolute Gasteiger partial charge is 0.254 e. The van der Waals surface area contributed by atoms with Crippen LogP contribution in [0.3, 0.4) is 0 Å². The van der Waals surface area contributed by atoms with Crippen LogP contribution in [-0.4, -0.2) is 31.6 Å². The molecule has 1 saturated heterocycles. The molecule has 4 nitrogen and oxygen atoms in total. The van der Waals surface area contributed by atoms with Crippen LogP contribution in [0.4, 0.5) is 0 Å². The van der Waals surface area contributed by atoms with E-state index in [1.165, 1.54) is 0 Å². The Morgan fingerprint density at radius 2 is 1.90 bits per heavy atom. The van der Waals surface area contributed by atoms with Gasteiger partial charge >= 0.3 is 0 Å². The first-order chi connectivity index (χ1) is 9.14. The van der Waals surface area contributed by atoms with Gasteiger partial charge in [0.25, 0.3) is 5.91 Å². The quantitative estimate of drug-likeness (QED) is 0.894. The highest BCUT2D eigenvalue weighted by Crippen LogP contribution is 2.21. The van der Waals surface area contributed by atoms with E-state index in [1.807, 2.05) is 30.3 Å². The number of halogens is 1. The SMILES string of the molecule is COC(C(=O)NC1(C)CCNCC1)c1ccccc1.Cl. The zero-order chi connectivity index (χ0) is 13.7. The van der Waals surface area contributed by atoms with E-state index in [0.717, 1.165) is 31.5 Å². The molecular formula is C15H23ClN2O2. The fraction of sp³-hybridized carbons (Fsp3) is 0.533. The molecule has 1 amide bonds. The molecule has 0 aromatic heterocycles. The number of ether oxygens (including phenoxy) is 1. The van der Waals surface area contributed by atoms with E-state index in [0.29, 0.717) is 0 Å². The van der Waals surface area contributed by atoms with Crippen molar-refractivity contribution in [1.29, 1.82) is 0 Å². The molecule has 112 valence electrons. The van der Waals surface area contributed by atoms with Gasteiger partial charge in [-0.2, -0.15) is 0 Å².